The van der Waals surface area contributed by atoms with E-state index in [9.17, 15) is 0 Å². The van der Waals surface area contributed by atoms with Crippen molar-refractivity contribution in [3.8, 4) is 23.0 Å². The van der Waals surface area contributed by atoms with Gasteiger partial charge in [-0.25, -0.2) is 9.97 Å². The molecule has 1 fully saturated rings. The van der Waals surface area contributed by atoms with E-state index in [1.54, 1.807) is 22.7 Å². The topological polar surface area (TPSA) is 69.2 Å². The van der Waals surface area contributed by atoms with Gasteiger partial charge in [0.2, 0.25) is 0 Å². The van der Waals surface area contributed by atoms with Gasteiger partial charge < -0.3 is 28.7 Å². The lowest BCUT2D eigenvalue weighted by Gasteiger charge is -2.34. The van der Waals surface area contributed by atoms with Crippen molar-refractivity contribution in [2.45, 2.75) is 0 Å². The fourth-order valence-corrected chi connectivity index (χ4v) is 6.32. The van der Waals surface area contributed by atoms with Crippen LogP contribution in [0.1, 0.15) is 0 Å². The highest BCUT2D eigenvalue weighted by Crippen LogP contribution is 2.40. The molecule has 2 aromatic carbocycles. The van der Waals surface area contributed by atoms with Crippen molar-refractivity contribution in [2.75, 3.05) is 62.4 Å². The van der Waals surface area contributed by atoms with Gasteiger partial charge in [-0.2, -0.15) is 0 Å². The summed E-state index contributed by atoms with van der Waals surface area (Å²) in [5.41, 5.74) is 1.94. The molecule has 0 amide bonds. The Labute approximate surface area is 191 Å². The first kappa shape index (κ1) is 18.6. The number of thiazole rings is 2. The summed E-state index contributed by atoms with van der Waals surface area (Å²) >= 11 is 3.42. The maximum absolute atomic E-state index is 5.72. The number of aromatic nitrogens is 2. The Morgan fingerprint density at radius 3 is 1.34 bits per heavy atom. The lowest BCUT2D eigenvalue weighted by atomic mass is 10.3. The Hall–Kier alpha value is -2.98. The van der Waals surface area contributed by atoms with Crippen molar-refractivity contribution in [3.63, 3.8) is 0 Å². The predicted octanol–water partition coefficient (Wildman–Crippen LogP) is 3.78. The molecule has 0 saturated carbocycles. The first-order valence-electron chi connectivity index (χ1n) is 10.7. The third-order valence-corrected chi connectivity index (χ3v) is 8.06. The van der Waals surface area contributed by atoms with Crippen LogP contribution in [0.3, 0.4) is 0 Å². The Bertz CT molecular complexity index is 1140. The van der Waals surface area contributed by atoms with Crippen LogP contribution in [-0.2, 0) is 0 Å². The lowest BCUT2D eigenvalue weighted by molar-refractivity contribution is 0.172. The van der Waals surface area contributed by atoms with Crippen molar-refractivity contribution in [1.29, 1.82) is 0 Å². The SMILES string of the molecule is c1c2c(cc3sc(N4CCN(c5nc6cc7c(cc6s5)OCCO7)CC4)nc13)OCCO2. The molecule has 32 heavy (non-hydrogen) atoms. The second-order valence-electron chi connectivity index (χ2n) is 7.89. The number of piperazine rings is 1. The third-order valence-electron chi connectivity index (χ3n) is 5.90. The minimum Gasteiger partial charge on any atom is -0.486 e. The van der Waals surface area contributed by atoms with Gasteiger partial charge in [0.15, 0.2) is 33.3 Å². The summed E-state index contributed by atoms with van der Waals surface area (Å²) in [5, 5.41) is 2.10. The van der Waals surface area contributed by atoms with Gasteiger partial charge in [0, 0.05) is 50.4 Å². The van der Waals surface area contributed by atoms with Crippen LogP contribution in [0.5, 0.6) is 23.0 Å². The van der Waals surface area contributed by atoms with Gasteiger partial charge in [0.1, 0.15) is 26.4 Å². The maximum Gasteiger partial charge on any atom is 0.186 e. The average molecular weight is 469 g/mol. The van der Waals surface area contributed by atoms with Gasteiger partial charge in [-0.1, -0.05) is 22.7 Å². The van der Waals surface area contributed by atoms with E-state index in [0.29, 0.717) is 26.4 Å². The molecule has 0 atom stereocenters. The lowest BCUT2D eigenvalue weighted by Crippen LogP contribution is -2.46. The van der Waals surface area contributed by atoms with Crippen molar-refractivity contribution >= 4 is 53.4 Å². The summed E-state index contributed by atoms with van der Waals surface area (Å²) in [6, 6.07) is 8.09. The molecule has 0 spiro atoms. The molecule has 8 nitrogen and oxygen atoms in total. The fourth-order valence-electron chi connectivity index (χ4n) is 4.27. The molecule has 0 bridgehead atoms. The van der Waals surface area contributed by atoms with Crippen LogP contribution in [0.2, 0.25) is 0 Å². The molecule has 0 aliphatic carbocycles. The number of benzene rings is 2. The Kier molecular flexibility index (Phi) is 4.22. The number of hydrogen-bond donors (Lipinski definition) is 0. The van der Waals surface area contributed by atoms with Crippen LogP contribution in [0.15, 0.2) is 24.3 Å². The number of fused-ring (bicyclic) bond motifs is 4. The average Bonchev–Trinajstić information content (AvgIpc) is 3.44. The van der Waals surface area contributed by atoms with Gasteiger partial charge in [0.05, 0.1) is 20.4 Å². The molecule has 0 radical (unpaired) electrons. The Morgan fingerprint density at radius 2 is 0.938 bits per heavy atom. The molecule has 10 heteroatoms. The summed E-state index contributed by atoms with van der Waals surface area (Å²) < 4.78 is 25.1. The molecule has 7 rings (SSSR count). The molecule has 164 valence electrons. The number of hydrogen-bond acceptors (Lipinski definition) is 10. The Morgan fingerprint density at radius 1 is 0.562 bits per heavy atom. The maximum atomic E-state index is 5.72. The summed E-state index contributed by atoms with van der Waals surface area (Å²) in [6.45, 7) is 6.01. The Balaban J connectivity index is 1.10. The van der Waals surface area contributed by atoms with Gasteiger partial charge in [0.25, 0.3) is 0 Å². The smallest absolute Gasteiger partial charge is 0.186 e. The molecular formula is C22H20N4O4S2. The normalized spacial score (nSPS) is 17.9. The quantitative estimate of drug-likeness (QED) is 0.440. The summed E-state index contributed by atoms with van der Waals surface area (Å²) in [5.74, 6) is 3.21. The monoisotopic (exact) mass is 468 g/mol. The molecule has 2 aromatic heterocycles. The van der Waals surface area contributed by atoms with Crippen LogP contribution in [0.25, 0.3) is 20.4 Å². The molecule has 1 saturated heterocycles. The van der Waals surface area contributed by atoms with E-state index in [0.717, 1.165) is 79.9 Å². The highest BCUT2D eigenvalue weighted by molar-refractivity contribution is 7.22. The third kappa shape index (κ3) is 3.08. The summed E-state index contributed by atoms with van der Waals surface area (Å²) in [4.78, 5) is 14.5. The van der Waals surface area contributed by atoms with E-state index in [4.69, 9.17) is 28.9 Å². The molecule has 4 aromatic rings. The predicted molar refractivity (Wildman–Crippen MR) is 126 cm³/mol. The van der Waals surface area contributed by atoms with Crippen molar-refractivity contribution < 1.29 is 18.9 Å². The van der Waals surface area contributed by atoms with E-state index in [2.05, 4.69) is 21.9 Å². The molecule has 3 aliphatic rings. The van der Waals surface area contributed by atoms with Crippen LogP contribution in [-0.4, -0.2) is 62.6 Å². The van der Waals surface area contributed by atoms with Gasteiger partial charge in [-0.05, 0) is 0 Å². The van der Waals surface area contributed by atoms with E-state index >= 15 is 0 Å². The molecular weight excluding hydrogens is 448 g/mol. The largest absolute Gasteiger partial charge is 0.486 e. The first-order chi connectivity index (χ1) is 15.8. The molecule has 0 unspecified atom stereocenters. The summed E-state index contributed by atoms with van der Waals surface area (Å²) in [6.07, 6.45) is 0. The van der Waals surface area contributed by atoms with E-state index in [1.165, 1.54) is 0 Å². The van der Waals surface area contributed by atoms with Gasteiger partial charge in [-0.3, -0.25) is 0 Å². The van der Waals surface area contributed by atoms with Crippen LogP contribution in [0.4, 0.5) is 10.3 Å². The minimum absolute atomic E-state index is 0.589. The second-order valence-corrected chi connectivity index (χ2v) is 9.91. The van der Waals surface area contributed by atoms with Crippen molar-refractivity contribution in [2.24, 2.45) is 0 Å². The summed E-state index contributed by atoms with van der Waals surface area (Å²) in [7, 11) is 0. The van der Waals surface area contributed by atoms with Crippen LogP contribution < -0.4 is 28.7 Å². The van der Waals surface area contributed by atoms with E-state index < -0.39 is 0 Å². The van der Waals surface area contributed by atoms with E-state index in [-0.39, 0.29) is 0 Å². The zero-order valence-electron chi connectivity index (χ0n) is 17.2. The zero-order chi connectivity index (χ0) is 21.1. The molecule has 3 aliphatic heterocycles. The zero-order valence-corrected chi connectivity index (χ0v) is 18.8. The van der Waals surface area contributed by atoms with E-state index in [1.807, 2.05) is 12.1 Å². The highest BCUT2D eigenvalue weighted by Gasteiger charge is 2.24. The van der Waals surface area contributed by atoms with Crippen LogP contribution in [0, 0.1) is 0 Å². The fraction of sp³-hybridized carbons (Fsp3) is 0.364. The number of nitrogens with zero attached hydrogens (tertiary/aromatic N) is 4. The van der Waals surface area contributed by atoms with Crippen LogP contribution >= 0.6 is 22.7 Å². The molecule has 0 N–H and O–H groups in total. The second kappa shape index (κ2) is 7.28. The number of anilines is 2. The number of ether oxygens (including phenoxy) is 4. The highest BCUT2D eigenvalue weighted by atomic mass is 32.1. The standard InChI is InChI=1S/C22H20N4O4S2/c1-2-26(22-24-14-10-16-18(12-20(14)32-22)30-8-6-28-16)4-3-25(1)21-23-13-9-15-17(11-19(13)31-21)29-7-5-27-15/h9-12H,1-8H2. The van der Waals surface area contributed by atoms with Crippen molar-refractivity contribution in [3.05, 3.63) is 24.3 Å². The van der Waals surface area contributed by atoms with Gasteiger partial charge in [-0.15, -0.1) is 0 Å². The minimum atomic E-state index is 0.589. The van der Waals surface area contributed by atoms with Crippen molar-refractivity contribution in [1.82, 2.24) is 9.97 Å². The first-order valence-corrected chi connectivity index (χ1v) is 12.3. The number of rotatable bonds is 2. The molecule has 5 heterocycles. The van der Waals surface area contributed by atoms with Gasteiger partial charge >= 0.3 is 0 Å².